The molecule has 1 aromatic heterocycles. The molecule has 2 amide bonds. The summed E-state index contributed by atoms with van der Waals surface area (Å²) < 4.78 is 0. The molecule has 0 atom stereocenters. The van der Waals surface area contributed by atoms with E-state index < -0.39 is 0 Å². The lowest BCUT2D eigenvalue weighted by Crippen LogP contribution is -2.45. The van der Waals surface area contributed by atoms with E-state index in [1.165, 1.54) is 0 Å². The molecule has 18 heavy (non-hydrogen) atoms. The van der Waals surface area contributed by atoms with Crippen LogP contribution in [0.5, 0.6) is 0 Å². The molecular formula is C12H19N3O2S. The smallest absolute Gasteiger partial charge is 0.317 e. The van der Waals surface area contributed by atoms with Crippen LogP contribution >= 0.6 is 11.3 Å². The van der Waals surface area contributed by atoms with E-state index >= 15 is 0 Å². The Morgan fingerprint density at radius 3 is 2.72 bits per heavy atom. The van der Waals surface area contributed by atoms with Gasteiger partial charge in [-0.15, -0.1) is 11.3 Å². The topological polar surface area (TPSA) is 65.5 Å². The van der Waals surface area contributed by atoms with Crippen LogP contribution in [-0.2, 0) is 6.54 Å². The Labute approximate surface area is 111 Å². The van der Waals surface area contributed by atoms with Crippen molar-refractivity contribution in [3.8, 4) is 0 Å². The Balaban J connectivity index is 1.83. The molecule has 2 N–H and O–H groups in total. The highest BCUT2D eigenvalue weighted by molar-refractivity contribution is 7.11. The molecule has 5 nitrogen and oxygen atoms in total. The quantitative estimate of drug-likeness (QED) is 0.853. The lowest BCUT2D eigenvalue weighted by Gasteiger charge is -2.29. The maximum absolute atomic E-state index is 11.9. The average molecular weight is 269 g/mol. The number of carbonyl (C=O) groups is 1. The Hall–Kier alpha value is -1.14. The largest absolute Gasteiger partial charge is 0.393 e. The van der Waals surface area contributed by atoms with Crippen LogP contribution < -0.4 is 5.32 Å². The summed E-state index contributed by atoms with van der Waals surface area (Å²) in [5, 5.41) is 13.3. The van der Waals surface area contributed by atoms with Crippen molar-refractivity contribution in [2.75, 3.05) is 13.1 Å². The third-order valence-corrected chi connectivity index (χ3v) is 4.09. The van der Waals surface area contributed by atoms with Gasteiger partial charge in [-0.1, -0.05) is 0 Å². The van der Waals surface area contributed by atoms with Gasteiger partial charge in [0.25, 0.3) is 0 Å². The maximum Gasteiger partial charge on any atom is 0.317 e. The summed E-state index contributed by atoms with van der Waals surface area (Å²) >= 11 is 1.65. The van der Waals surface area contributed by atoms with Crippen LogP contribution in [0.1, 0.15) is 28.4 Å². The van der Waals surface area contributed by atoms with Crippen LogP contribution in [0.25, 0.3) is 0 Å². The molecular weight excluding hydrogens is 250 g/mol. The third kappa shape index (κ3) is 3.20. The van der Waals surface area contributed by atoms with Gasteiger partial charge in [-0.2, -0.15) is 0 Å². The van der Waals surface area contributed by atoms with Crippen LogP contribution in [0, 0.1) is 13.8 Å². The van der Waals surface area contributed by atoms with Crippen molar-refractivity contribution in [1.29, 1.82) is 0 Å². The summed E-state index contributed by atoms with van der Waals surface area (Å²) in [6.07, 6.45) is 1.09. The minimum Gasteiger partial charge on any atom is -0.393 e. The van der Waals surface area contributed by atoms with Gasteiger partial charge in [-0.3, -0.25) is 0 Å². The second kappa shape index (κ2) is 5.67. The summed E-state index contributed by atoms with van der Waals surface area (Å²) in [5.74, 6) is 0. The zero-order chi connectivity index (χ0) is 13.1. The van der Waals surface area contributed by atoms with Crippen molar-refractivity contribution < 1.29 is 9.90 Å². The fraction of sp³-hybridized carbons (Fsp3) is 0.667. The second-order valence-corrected chi connectivity index (χ2v) is 6.02. The van der Waals surface area contributed by atoms with Gasteiger partial charge in [0.2, 0.25) is 0 Å². The number of amides is 2. The SMILES string of the molecule is Cc1nc(CNC(=O)N2CCC(O)CC2)c(C)s1. The van der Waals surface area contributed by atoms with E-state index in [-0.39, 0.29) is 12.1 Å². The van der Waals surface area contributed by atoms with E-state index in [0.29, 0.717) is 32.5 Å². The number of hydrogen-bond acceptors (Lipinski definition) is 4. The number of urea groups is 1. The average Bonchev–Trinajstić information content (AvgIpc) is 2.66. The van der Waals surface area contributed by atoms with Gasteiger partial charge >= 0.3 is 6.03 Å². The van der Waals surface area contributed by atoms with Gasteiger partial charge in [-0.25, -0.2) is 9.78 Å². The van der Waals surface area contributed by atoms with Gasteiger partial charge in [0.15, 0.2) is 0 Å². The van der Waals surface area contributed by atoms with E-state index in [9.17, 15) is 9.90 Å². The van der Waals surface area contributed by atoms with Gasteiger partial charge in [0.05, 0.1) is 23.4 Å². The van der Waals surface area contributed by atoms with E-state index in [4.69, 9.17) is 0 Å². The fourth-order valence-corrected chi connectivity index (χ4v) is 2.91. The monoisotopic (exact) mass is 269 g/mol. The van der Waals surface area contributed by atoms with Crippen LogP contribution in [0.4, 0.5) is 4.79 Å². The van der Waals surface area contributed by atoms with Crippen molar-refractivity contribution >= 4 is 17.4 Å². The van der Waals surface area contributed by atoms with Crippen LogP contribution in [0.15, 0.2) is 0 Å². The fourth-order valence-electron chi connectivity index (χ4n) is 2.08. The number of rotatable bonds is 2. The molecule has 0 saturated carbocycles. The number of aliphatic hydroxyl groups excluding tert-OH is 1. The first-order valence-electron chi connectivity index (χ1n) is 6.20. The summed E-state index contributed by atoms with van der Waals surface area (Å²) in [6.45, 7) is 5.72. The lowest BCUT2D eigenvalue weighted by atomic mass is 10.1. The summed E-state index contributed by atoms with van der Waals surface area (Å²) in [6, 6.07) is -0.0630. The highest BCUT2D eigenvalue weighted by Crippen LogP contribution is 2.16. The molecule has 100 valence electrons. The number of aryl methyl sites for hydroxylation is 2. The highest BCUT2D eigenvalue weighted by atomic mass is 32.1. The highest BCUT2D eigenvalue weighted by Gasteiger charge is 2.21. The molecule has 1 aliphatic heterocycles. The molecule has 0 unspecified atom stereocenters. The molecule has 0 bridgehead atoms. The van der Waals surface area contributed by atoms with Gasteiger partial charge in [-0.05, 0) is 26.7 Å². The predicted octanol–water partition coefficient (Wildman–Crippen LogP) is 1.43. The Morgan fingerprint density at radius 2 is 2.17 bits per heavy atom. The summed E-state index contributed by atoms with van der Waals surface area (Å²) in [5.41, 5.74) is 0.947. The molecule has 0 spiro atoms. The summed E-state index contributed by atoms with van der Waals surface area (Å²) in [4.78, 5) is 19.2. The molecule has 0 radical (unpaired) electrons. The van der Waals surface area contributed by atoms with E-state index in [0.717, 1.165) is 15.6 Å². The molecule has 2 heterocycles. The predicted molar refractivity (Wildman–Crippen MR) is 70.6 cm³/mol. The first-order chi connectivity index (χ1) is 8.56. The summed E-state index contributed by atoms with van der Waals surface area (Å²) in [7, 11) is 0. The van der Waals surface area contributed by atoms with E-state index in [1.54, 1.807) is 16.2 Å². The molecule has 1 saturated heterocycles. The molecule has 0 aromatic carbocycles. The van der Waals surface area contributed by atoms with Crippen molar-refractivity contribution in [2.45, 2.75) is 39.3 Å². The first kappa shape index (κ1) is 13.3. The number of carbonyl (C=O) groups excluding carboxylic acids is 1. The number of likely N-dealkylation sites (tertiary alicyclic amines) is 1. The van der Waals surface area contributed by atoms with Gasteiger partial charge in [0, 0.05) is 18.0 Å². The number of thiazole rings is 1. The molecule has 2 rings (SSSR count). The van der Waals surface area contributed by atoms with E-state index in [1.807, 2.05) is 13.8 Å². The third-order valence-electron chi connectivity index (χ3n) is 3.16. The van der Waals surface area contributed by atoms with Gasteiger partial charge in [0.1, 0.15) is 0 Å². The Kier molecular flexibility index (Phi) is 4.19. The maximum atomic E-state index is 11.9. The number of nitrogens with zero attached hydrogens (tertiary/aromatic N) is 2. The molecule has 1 fully saturated rings. The lowest BCUT2D eigenvalue weighted by molar-refractivity contribution is 0.0936. The standard InChI is InChI=1S/C12H19N3O2S/c1-8-11(14-9(2)18-8)7-13-12(17)15-5-3-10(16)4-6-15/h10,16H,3-7H2,1-2H3,(H,13,17). The van der Waals surface area contributed by atoms with Crippen LogP contribution in [-0.4, -0.2) is 40.2 Å². The zero-order valence-corrected chi connectivity index (χ0v) is 11.6. The number of aliphatic hydroxyl groups is 1. The van der Waals surface area contributed by atoms with Gasteiger partial charge < -0.3 is 15.3 Å². The number of piperidine rings is 1. The van der Waals surface area contributed by atoms with Crippen LogP contribution in [0.2, 0.25) is 0 Å². The van der Waals surface area contributed by atoms with Crippen molar-refractivity contribution in [3.05, 3.63) is 15.6 Å². The zero-order valence-electron chi connectivity index (χ0n) is 10.8. The minimum atomic E-state index is -0.252. The van der Waals surface area contributed by atoms with E-state index in [2.05, 4.69) is 10.3 Å². The Bertz CT molecular complexity index is 425. The number of hydrogen-bond donors (Lipinski definition) is 2. The Morgan fingerprint density at radius 1 is 1.50 bits per heavy atom. The number of nitrogens with one attached hydrogen (secondary N) is 1. The molecule has 6 heteroatoms. The van der Waals surface area contributed by atoms with Crippen molar-refractivity contribution in [2.24, 2.45) is 0 Å². The van der Waals surface area contributed by atoms with Crippen molar-refractivity contribution in [3.63, 3.8) is 0 Å². The van der Waals surface area contributed by atoms with Crippen molar-refractivity contribution in [1.82, 2.24) is 15.2 Å². The number of aromatic nitrogens is 1. The normalized spacial score (nSPS) is 16.9. The molecule has 1 aliphatic rings. The molecule has 0 aliphatic carbocycles. The van der Waals surface area contributed by atoms with Crippen LogP contribution in [0.3, 0.4) is 0 Å². The molecule has 1 aromatic rings. The minimum absolute atomic E-state index is 0.0630. The first-order valence-corrected chi connectivity index (χ1v) is 7.01. The second-order valence-electron chi connectivity index (χ2n) is 4.61.